The molecule has 1 aromatic carbocycles. The number of para-hydroxylation sites is 1. The van der Waals surface area contributed by atoms with Gasteiger partial charge in [-0.25, -0.2) is 0 Å². The lowest BCUT2D eigenvalue weighted by molar-refractivity contribution is 0.329. The topological polar surface area (TPSA) is 28.4 Å². The normalized spacial score (nSPS) is 11.5. The van der Waals surface area contributed by atoms with Gasteiger partial charge < -0.3 is 14.6 Å². The van der Waals surface area contributed by atoms with E-state index >= 15 is 0 Å². The standard InChI is InChI=1S/C16H24N2O/c1-17-10-5-6-11-18(2)12-9-14-13-19-16-8-4-3-7-15(14)16/h3-4,7-8,13,17H,5-6,9-12H2,1-2H3. The van der Waals surface area contributed by atoms with Gasteiger partial charge >= 0.3 is 0 Å². The van der Waals surface area contributed by atoms with Crippen LogP contribution in [0.1, 0.15) is 18.4 Å². The van der Waals surface area contributed by atoms with Crippen LogP contribution in [-0.4, -0.2) is 38.6 Å². The van der Waals surface area contributed by atoms with Crippen LogP contribution in [0.2, 0.25) is 0 Å². The van der Waals surface area contributed by atoms with Crippen LogP contribution >= 0.6 is 0 Å². The number of benzene rings is 1. The molecular formula is C16H24N2O. The van der Waals surface area contributed by atoms with Crippen molar-refractivity contribution in [1.29, 1.82) is 0 Å². The zero-order valence-electron chi connectivity index (χ0n) is 12.0. The molecule has 19 heavy (non-hydrogen) atoms. The summed E-state index contributed by atoms with van der Waals surface area (Å²) in [6, 6.07) is 8.26. The Bertz CT molecular complexity index is 492. The molecular weight excluding hydrogens is 236 g/mol. The van der Waals surface area contributed by atoms with Crippen molar-refractivity contribution in [2.75, 3.05) is 33.7 Å². The molecule has 0 saturated heterocycles. The minimum atomic E-state index is 0.995. The summed E-state index contributed by atoms with van der Waals surface area (Å²) < 4.78 is 5.57. The molecule has 0 aliphatic rings. The van der Waals surface area contributed by atoms with Gasteiger partial charge in [0.05, 0.1) is 6.26 Å². The molecule has 0 unspecified atom stereocenters. The van der Waals surface area contributed by atoms with E-state index in [4.69, 9.17) is 4.42 Å². The van der Waals surface area contributed by atoms with Crippen molar-refractivity contribution < 1.29 is 4.42 Å². The van der Waals surface area contributed by atoms with Crippen molar-refractivity contribution in [2.45, 2.75) is 19.3 Å². The highest BCUT2D eigenvalue weighted by Gasteiger charge is 2.06. The van der Waals surface area contributed by atoms with Gasteiger partial charge in [-0.15, -0.1) is 0 Å². The fourth-order valence-electron chi connectivity index (χ4n) is 2.33. The first kappa shape index (κ1) is 14.1. The molecule has 0 atom stereocenters. The second kappa shape index (κ2) is 7.31. The van der Waals surface area contributed by atoms with Gasteiger partial charge in [-0.1, -0.05) is 18.2 Å². The summed E-state index contributed by atoms with van der Waals surface area (Å²) in [6.45, 7) is 3.36. The molecule has 3 nitrogen and oxygen atoms in total. The molecule has 3 heteroatoms. The first-order valence-corrected chi connectivity index (χ1v) is 7.09. The van der Waals surface area contributed by atoms with Gasteiger partial charge in [-0.2, -0.15) is 0 Å². The van der Waals surface area contributed by atoms with Crippen LogP contribution in [0, 0.1) is 0 Å². The van der Waals surface area contributed by atoms with Gasteiger partial charge in [0.25, 0.3) is 0 Å². The first-order chi connectivity index (χ1) is 9.31. The van der Waals surface area contributed by atoms with Crippen LogP contribution in [0.5, 0.6) is 0 Å². The van der Waals surface area contributed by atoms with Gasteiger partial charge in [0.1, 0.15) is 5.58 Å². The highest BCUT2D eigenvalue weighted by molar-refractivity contribution is 5.80. The molecule has 0 spiro atoms. The Labute approximate surface area is 115 Å². The number of unbranched alkanes of at least 4 members (excludes halogenated alkanes) is 1. The molecule has 0 bridgehead atoms. The minimum Gasteiger partial charge on any atom is -0.464 e. The summed E-state index contributed by atoms with van der Waals surface area (Å²) in [6.07, 6.45) is 5.46. The van der Waals surface area contributed by atoms with E-state index in [0.717, 1.165) is 31.6 Å². The van der Waals surface area contributed by atoms with Crippen molar-refractivity contribution in [3.63, 3.8) is 0 Å². The van der Waals surface area contributed by atoms with Crippen LogP contribution < -0.4 is 5.32 Å². The van der Waals surface area contributed by atoms with Crippen molar-refractivity contribution in [3.05, 3.63) is 36.1 Å². The van der Waals surface area contributed by atoms with E-state index in [-0.39, 0.29) is 0 Å². The Morgan fingerprint density at radius 3 is 2.84 bits per heavy atom. The van der Waals surface area contributed by atoms with Gasteiger partial charge in [0.15, 0.2) is 0 Å². The van der Waals surface area contributed by atoms with E-state index in [9.17, 15) is 0 Å². The zero-order chi connectivity index (χ0) is 13.5. The Kier molecular flexibility index (Phi) is 5.43. The molecule has 0 radical (unpaired) electrons. The lowest BCUT2D eigenvalue weighted by atomic mass is 10.1. The summed E-state index contributed by atoms with van der Waals surface area (Å²) in [5, 5.41) is 4.44. The Hall–Kier alpha value is -1.32. The van der Waals surface area contributed by atoms with Crippen molar-refractivity contribution >= 4 is 11.0 Å². The monoisotopic (exact) mass is 260 g/mol. The molecule has 1 aromatic heterocycles. The summed E-state index contributed by atoms with van der Waals surface area (Å²) in [5.74, 6) is 0. The smallest absolute Gasteiger partial charge is 0.134 e. The van der Waals surface area contributed by atoms with E-state index in [0.29, 0.717) is 0 Å². The van der Waals surface area contributed by atoms with Crippen LogP contribution in [0.4, 0.5) is 0 Å². The third-order valence-corrected chi connectivity index (χ3v) is 3.54. The maximum Gasteiger partial charge on any atom is 0.134 e. The van der Waals surface area contributed by atoms with Gasteiger partial charge in [-0.05, 0) is 58.1 Å². The SMILES string of the molecule is CNCCCCN(C)CCc1coc2ccccc12. The third-order valence-electron chi connectivity index (χ3n) is 3.54. The molecule has 0 saturated carbocycles. The van der Waals surface area contributed by atoms with E-state index in [1.165, 1.54) is 23.8 Å². The number of hydrogen-bond donors (Lipinski definition) is 1. The Balaban J connectivity index is 1.78. The van der Waals surface area contributed by atoms with E-state index in [1.54, 1.807) is 0 Å². The maximum absolute atomic E-state index is 5.57. The molecule has 1 heterocycles. The average Bonchev–Trinajstić information content (AvgIpc) is 2.85. The van der Waals surface area contributed by atoms with Crippen LogP contribution in [0.25, 0.3) is 11.0 Å². The largest absolute Gasteiger partial charge is 0.464 e. The third kappa shape index (κ3) is 4.08. The summed E-state index contributed by atoms with van der Waals surface area (Å²) >= 11 is 0. The van der Waals surface area contributed by atoms with Gasteiger partial charge in [0, 0.05) is 11.9 Å². The lowest BCUT2D eigenvalue weighted by Gasteiger charge is -2.15. The number of nitrogens with one attached hydrogen (secondary N) is 1. The minimum absolute atomic E-state index is 0.995. The average molecular weight is 260 g/mol. The van der Waals surface area contributed by atoms with Crippen LogP contribution in [-0.2, 0) is 6.42 Å². The Morgan fingerprint density at radius 1 is 1.16 bits per heavy atom. The predicted octanol–water partition coefficient (Wildman–Crippen LogP) is 2.91. The fraction of sp³-hybridized carbons (Fsp3) is 0.500. The highest BCUT2D eigenvalue weighted by Crippen LogP contribution is 2.21. The number of rotatable bonds is 8. The number of furan rings is 1. The van der Waals surface area contributed by atoms with Crippen molar-refractivity contribution in [2.24, 2.45) is 0 Å². The van der Waals surface area contributed by atoms with Gasteiger partial charge in [0.2, 0.25) is 0 Å². The molecule has 104 valence electrons. The number of fused-ring (bicyclic) bond motifs is 1. The molecule has 1 N–H and O–H groups in total. The van der Waals surface area contributed by atoms with Crippen molar-refractivity contribution in [3.8, 4) is 0 Å². The number of nitrogens with zero attached hydrogens (tertiary/aromatic N) is 1. The van der Waals surface area contributed by atoms with E-state index in [1.807, 2.05) is 25.4 Å². The molecule has 2 aromatic rings. The van der Waals surface area contributed by atoms with Gasteiger partial charge in [-0.3, -0.25) is 0 Å². The quantitative estimate of drug-likeness (QED) is 0.740. The zero-order valence-corrected chi connectivity index (χ0v) is 12.0. The number of hydrogen-bond acceptors (Lipinski definition) is 3. The van der Waals surface area contributed by atoms with E-state index in [2.05, 4.69) is 29.4 Å². The Morgan fingerprint density at radius 2 is 2.00 bits per heavy atom. The summed E-state index contributed by atoms with van der Waals surface area (Å²) in [5.41, 5.74) is 2.31. The fourth-order valence-corrected chi connectivity index (χ4v) is 2.33. The predicted molar refractivity (Wildman–Crippen MR) is 80.6 cm³/mol. The first-order valence-electron chi connectivity index (χ1n) is 7.09. The lowest BCUT2D eigenvalue weighted by Crippen LogP contribution is -2.23. The van der Waals surface area contributed by atoms with Crippen molar-refractivity contribution in [1.82, 2.24) is 10.2 Å². The molecule has 0 aliphatic heterocycles. The van der Waals surface area contributed by atoms with Crippen LogP contribution in [0.3, 0.4) is 0 Å². The van der Waals surface area contributed by atoms with E-state index < -0.39 is 0 Å². The second-order valence-electron chi connectivity index (χ2n) is 5.12. The molecule has 0 amide bonds. The molecule has 0 aliphatic carbocycles. The molecule has 2 rings (SSSR count). The second-order valence-corrected chi connectivity index (χ2v) is 5.12. The molecule has 0 fully saturated rings. The summed E-state index contributed by atoms with van der Waals surface area (Å²) in [4.78, 5) is 2.40. The summed E-state index contributed by atoms with van der Waals surface area (Å²) in [7, 11) is 4.20. The van der Waals surface area contributed by atoms with Crippen LogP contribution in [0.15, 0.2) is 34.9 Å². The highest BCUT2D eigenvalue weighted by atomic mass is 16.3. The maximum atomic E-state index is 5.57. The number of likely N-dealkylation sites (N-methyl/N-ethyl adjacent to an activating group) is 1.